The van der Waals surface area contributed by atoms with Gasteiger partial charge < -0.3 is 4.74 Å². The van der Waals surface area contributed by atoms with Gasteiger partial charge in [0.2, 0.25) is 0 Å². The van der Waals surface area contributed by atoms with Gasteiger partial charge in [0.25, 0.3) is 5.91 Å². The Morgan fingerprint density at radius 2 is 1.91 bits per heavy atom. The summed E-state index contributed by atoms with van der Waals surface area (Å²) in [6, 6.07) is 20.3. The number of hydrogen-bond donors (Lipinski definition) is 0. The molecule has 0 aliphatic carbocycles. The number of pyridine rings is 1. The molecule has 1 aliphatic heterocycles. The number of thiazole rings is 1. The van der Waals surface area contributed by atoms with Crippen LogP contribution in [0.15, 0.2) is 72.9 Å². The minimum Gasteiger partial charge on any atom is -0.482 e. The molecule has 0 radical (unpaired) electrons. The number of rotatable bonds is 5. The molecule has 0 saturated carbocycles. The molecule has 1 amide bonds. The Balaban J connectivity index is 1.50. The average Bonchev–Trinajstić information content (AvgIpc) is 3.23. The fourth-order valence-corrected chi connectivity index (χ4v) is 4.56. The number of nitrogens with zero attached hydrogens (tertiary/aromatic N) is 3. The highest BCUT2D eigenvalue weighted by atomic mass is 32.1. The molecule has 0 unspecified atom stereocenters. The smallest absolute Gasteiger partial charge is 0.265 e. The molecule has 0 fully saturated rings. The molecule has 0 spiro atoms. The Kier molecular flexibility index (Phi) is 5.25. The highest BCUT2D eigenvalue weighted by Gasteiger charge is 2.28. The maximum atomic E-state index is 12.8. The summed E-state index contributed by atoms with van der Waals surface area (Å²) in [6.45, 7) is 1.88. The molecule has 1 aliphatic rings. The summed E-state index contributed by atoms with van der Waals surface area (Å²) in [5.41, 5.74) is 3.65. The monoisotopic (exact) mass is 441 g/mol. The van der Waals surface area contributed by atoms with Crippen LogP contribution < -0.4 is 9.64 Å². The fraction of sp³-hybridized carbons (Fsp3) is 0.120. The molecule has 2 aromatic heterocycles. The van der Waals surface area contributed by atoms with Crippen molar-refractivity contribution in [3.8, 4) is 27.7 Å². The molecular formula is C25H19N3O3S. The highest BCUT2D eigenvalue weighted by Crippen LogP contribution is 2.39. The lowest BCUT2D eigenvalue weighted by atomic mass is 10.1. The number of anilines is 1. The van der Waals surface area contributed by atoms with Crippen LogP contribution >= 0.6 is 11.3 Å². The Hall–Kier alpha value is -3.84. The largest absolute Gasteiger partial charge is 0.482 e. The fourth-order valence-electron chi connectivity index (χ4n) is 3.64. The van der Waals surface area contributed by atoms with E-state index >= 15 is 0 Å². The van der Waals surface area contributed by atoms with Gasteiger partial charge in [0.05, 0.1) is 23.6 Å². The van der Waals surface area contributed by atoms with Crippen LogP contribution in [0.25, 0.3) is 22.0 Å². The number of Topliss-reactive ketones (excluding diaryl/α,β-unsaturated/α-hetero) is 1. The Labute approximate surface area is 189 Å². The number of hydrogen-bond acceptors (Lipinski definition) is 6. The second kappa shape index (κ2) is 8.36. The van der Waals surface area contributed by atoms with Crippen LogP contribution in [0.2, 0.25) is 0 Å². The van der Waals surface area contributed by atoms with E-state index in [1.165, 1.54) is 4.90 Å². The summed E-state index contributed by atoms with van der Waals surface area (Å²) >= 11 is 1.57. The van der Waals surface area contributed by atoms with Gasteiger partial charge in [-0.2, -0.15) is 0 Å². The van der Waals surface area contributed by atoms with Crippen molar-refractivity contribution in [2.75, 3.05) is 18.1 Å². The second-order valence-electron chi connectivity index (χ2n) is 7.38. The van der Waals surface area contributed by atoms with E-state index in [1.54, 1.807) is 29.7 Å². The first-order valence-electron chi connectivity index (χ1n) is 10.1. The number of aromatic nitrogens is 2. The molecule has 7 heteroatoms. The van der Waals surface area contributed by atoms with Crippen LogP contribution in [0, 0.1) is 6.92 Å². The zero-order chi connectivity index (χ0) is 22.1. The van der Waals surface area contributed by atoms with Crippen LogP contribution in [0.5, 0.6) is 5.75 Å². The van der Waals surface area contributed by atoms with Gasteiger partial charge in [0.15, 0.2) is 12.4 Å². The van der Waals surface area contributed by atoms with Crippen molar-refractivity contribution in [1.82, 2.24) is 9.97 Å². The number of amides is 1. The van der Waals surface area contributed by atoms with Crippen molar-refractivity contribution in [2.24, 2.45) is 0 Å². The van der Waals surface area contributed by atoms with Crippen molar-refractivity contribution in [3.63, 3.8) is 0 Å². The predicted molar refractivity (Wildman–Crippen MR) is 124 cm³/mol. The van der Waals surface area contributed by atoms with Crippen LogP contribution in [0.3, 0.4) is 0 Å². The third-order valence-corrected chi connectivity index (χ3v) is 6.25. The number of carbonyl (C=O) groups excluding carboxylic acids is 2. The first-order valence-corrected chi connectivity index (χ1v) is 11.0. The average molecular weight is 442 g/mol. The second-order valence-corrected chi connectivity index (χ2v) is 8.58. The Bertz CT molecular complexity index is 1300. The van der Waals surface area contributed by atoms with Crippen molar-refractivity contribution in [3.05, 3.63) is 83.4 Å². The van der Waals surface area contributed by atoms with Crippen molar-refractivity contribution in [1.29, 1.82) is 0 Å². The standard InChI is InChI=1S/C25H19N3O3S/c1-16-24(27-25(32-16)19-9-5-6-12-26-19)18-10-11-22-20(13-18)28(23(30)15-31-22)14-21(29)17-7-3-2-4-8-17/h2-13H,14-15H2,1H3. The molecule has 3 heterocycles. The third kappa shape index (κ3) is 3.78. The van der Waals surface area contributed by atoms with Gasteiger partial charge in [0, 0.05) is 22.2 Å². The lowest BCUT2D eigenvalue weighted by Gasteiger charge is -2.29. The Morgan fingerprint density at radius 1 is 1.09 bits per heavy atom. The van der Waals surface area contributed by atoms with Crippen molar-refractivity contribution >= 4 is 28.7 Å². The number of fused-ring (bicyclic) bond motifs is 1. The molecule has 32 heavy (non-hydrogen) atoms. The van der Waals surface area contributed by atoms with Crippen LogP contribution in [-0.4, -0.2) is 34.8 Å². The van der Waals surface area contributed by atoms with Crippen LogP contribution in [-0.2, 0) is 4.79 Å². The summed E-state index contributed by atoms with van der Waals surface area (Å²) in [5.74, 6) is 0.203. The molecule has 2 aromatic carbocycles. The van der Waals surface area contributed by atoms with E-state index in [-0.39, 0.29) is 24.8 Å². The molecule has 0 saturated heterocycles. The summed E-state index contributed by atoms with van der Waals surface area (Å²) in [6.07, 6.45) is 1.75. The lowest BCUT2D eigenvalue weighted by Crippen LogP contribution is -2.42. The summed E-state index contributed by atoms with van der Waals surface area (Å²) in [4.78, 5) is 37.2. The Morgan fingerprint density at radius 3 is 2.69 bits per heavy atom. The molecule has 4 aromatic rings. The van der Waals surface area contributed by atoms with E-state index in [0.717, 1.165) is 26.8 Å². The van der Waals surface area contributed by atoms with Gasteiger partial charge in [-0.05, 0) is 37.3 Å². The van der Waals surface area contributed by atoms with E-state index in [0.29, 0.717) is 17.0 Å². The quantitative estimate of drug-likeness (QED) is 0.417. The zero-order valence-electron chi connectivity index (χ0n) is 17.3. The van der Waals surface area contributed by atoms with E-state index in [2.05, 4.69) is 4.98 Å². The number of ether oxygens (including phenoxy) is 1. The molecular weight excluding hydrogens is 422 g/mol. The zero-order valence-corrected chi connectivity index (χ0v) is 18.1. The highest BCUT2D eigenvalue weighted by molar-refractivity contribution is 7.15. The maximum Gasteiger partial charge on any atom is 0.265 e. The molecule has 6 nitrogen and oxygen atoms in total. The van der Waals surface area contributed by atoms with Crippen LogP contribution in [0.1, 0.15) is 15.2 Å². The first-order chi connectivity index (χ1) is 15.6. The van der Waals surface area contributed by atoms with Gasteiger partial charge in [-0.3, -0.25) is 19.5 Å². The molecule has 0 atom stereocenters. The van der Waals surface area contributed by atoms with Crippen molar-refractivity contribution < 1.29 is 14.3 Å². The molecule has 5 rings (SSSR count). The summed E-state index contributed by atoms with van der Waals surface area (Å²) in [5, 5.41) is 0.833. The van der Waals surface area contributed by atoms with Gasteiger partial charge in [-0.25, -0.2) is 4.98 Å². The summed E-state index contributed by atoms with van der Waals surface area (Å²) < 4.78 is 5.62. The van der Waals surface area contributed by atoms with Gasteiger partial charge >= 0.3 is 0 Å². The normalized spacial score (nSPS) is 12.9. The van der Waals surface area contributed by atoms with Gasteiger partial charge in [-0.1, -0.05) is 36.4 Å². The van der Waals surface area contributed by atoms with Gasteiger partial charge in [0.1, 0.15) is 10.8 Å². The topological polar surface area (TPSA) is 72.4 Å². The minimum atomic E-state index is -0.247. The molecule has 158 valence electrons. The van der Waals surface area contributed by atoms with Crippen LogP contribution in [0.4, 0.5) is 5.69 Å². The summed E-state index contributed by atoms with van der Waals surface area (Å²) in [7, 11) is 0. The number of aryl methyl sites for hydroxylation is 1. The number of benzene rings is 2. The van der Waals surface area contributed by atoms with E-state index in [4.69, 9.17) is 9.72 Å². The van der Waals surface area contributed by atoms with Gasteiger partial charge in [-0.15, -0.1) is 11.3 Å². The first kappa shape index (κ1) is 20.1. The van der Waals surface area contributed by atoms with E-state index < -0.39 is 0 Å². The lowest BCUT2D eigenvalue weighted by molar-refractivity contribution is -0.121. The number of carbonyl (C=O) groups is 2. The number of ketones is 1. The predicted octanol–water partition coefficient (Wildman–Crippen LogP) is 4.79. The minimum absolute atomic E-state index is 0.0438. The van der Waals surface area contributed by atoms with E-state index in [9.17, 15) is 9.59 Å². The maximum absolute atomic E-state index is 12.8. The van der Waals surface area contributed by atoms with E-state index in [1.807, 2.05) is 61.5 Å². The van der Waals surface area contributed by atoms with Crippen molar-refractivity contribution in [2.45, 2.75) is 6.92 Å². The molecule has 0 N–H and O–H groups in total. The third-order valence-electron chi connectivity index (χ3n) is 5.25. The SMILES string of the molecule is Cc1sc(-c2ccccn2)nc1-c1ccc2c(c1)N(CC(=O)c1ccccc1)C(=O)CO2. The molecule has 0 bridgehead atoms.